The summed E-state index contributed by atoms with van der Waals surface area (Å²) >= 11 is 0. The predicted molar refractivity (Wildman–Crippen MR) is 117 cm³/mol. The number of nitrogens with zero attached hydrogens (tertiary/aromatic N) is 4. The molecule has 0 saturated carbocycles. The van der Waals surface area contributed by atoms with Crippen molar-refractivity contribution >= 4 is 5.91 Å². The van der Waals surface area contributed by atoms with Crippen LogP contribution in [-0.2, 0) is 13.5 Å². The Morgan fingerprint density at radius 1 is 1.10 bits per heavy atom. The second-order valence-electron chi connectivity index (χ2n) is 9.08. The number of benzene rings is 1. The number of aromatic nitrogens is 2. The van der Waals surface area contributed by atoms with E-state index >= 15 is 0 Å². The maximum absolute atomic E-state index is 13.7. The van der Waals surface area contributed by atoms with Crippen LogP contribution >= 0.6 is 0 Å². The van der Waals surface area contributed by atoms with Crippen LogP contribution in [0, 0.1) is 0 Å². The highest BCUT2D eigenvalue weighted by Gasteiger charge is 2.53. The highest BCUT2D eigenvalue weighted by Crippen LogP contribution is 2.42. The first kappa shape index (κ1) is 20.8. The van der Waals surface area contributed by atoms with Gasteiger partial charge in [0.25, 0.3) is 11.5 Å². The van der Waals surface area contributed by atoms with Crippen molar-refractivity contribution in [2.75, 3.05) is 13.6 Å². The van der Waals surface area contributed by atoms with Gasteiger partial charge in [-0.25, -0.2) is 4.68 Å². The molecule has 0 radical (unpaired) electrons. The molecule has 1 aromatic carbocycles. The Morgan fingerprint density at radius 3 is 2.60 bits per heavy atom. The van der Waals surface area contributed by atoms with E-state index < -0.39 is 0 Å². The first-order valence-electron chi connectivity index (χ1n) is 11.0. The molecule has 0 unspecified atom stereocenters. The topological polar surface area (TPSA) is 58.4 Å². The van der Waals surface area contributed by atoms with Crippen LogP contribution < -0.4 is 5.56 Å². The first-order valence-corrected chi connectivity index (χ1v) is 11.0. The summed E-state index contributed by atoms with van der Waals surface area (Å²) in [6, 6.07) is 13.7. The van der Waals surface area contributed by atoms with Crippen LogP contribution in [0.2, 0.25) is 0 Å². The van der Waals surface area contributed by atoms with E-state index in [1.165, 1.54) is 29.2 Å². The molecular weight excluding hydrogens is 376 g/mol. The van der Waals surface area contributed by atoms with Crippen molar-refractivity contribution in [3.8, 4) is 0 Å². The molecule has 3 atom stereocenters. The van der Waals surface area contributed by atoms with Crippen molar-refractivity contribution in [1.29, 1.82) is 0 Å². The standard InChI is InChI=1S/C24H32N4O2/c1-24-17-19(16-18-10-6-4-7-11-18)28(21(24)12-8-5-9-15-26(24)2)23(30)20-13-14-22(29)27(3)25-20/h4,6-7,10-11,13-14,19,21H,5,8-9,12,15-17H2,1-3H3/t19-,21+,24+/m1/s1. The molecule has 1 amide bonds. The molecule has 2 fully saturated rings. The number of hydrogen-bond acceptors (Lipinski definition) is 4. The molecule has 2 aromatic rings. The fraction of sp³-hybridized carbons (Fsp3) is 0.542. The fourth-order valence-corrected chi connectivity index (χ4v) is 5.36. The Morgan fingerprint density at radius 2 is 1.87 bits per heavy atom. The number of carbonyl (C=O) groups excluding carboxylic acids is 1. The molecule has 2 aliphatic rings. The molecule has 30 heavy (non-hydrogen) atoms. The molecule has 2 aliphatic heterocycles. The summed E-state index contributed by atoms with van der Waals surface area (Å²) in [5.41, 5.74) is 1.33. The number of fused-ring (bicyclic) bond motifs is 1. The Balaban J connectivity index is 1.73. The minimum absolute atomic E-state index is 0.0593. The Bertz CT molecular complexity index is 957. The SMILES string of the molecule is CN1CCCCC[C@@H]2N(C(=O)c3ccc(=O)n(C)n3)[C@H](Cc3ccccc3)C[C@@]21C. The molecule has 6 heteroatoms. The normalized spacial score (nSPS) is 27.4. The van der Waals surface area contributed by atoms with Crippen LogP contribution in [0.5, 0.6) is 0 Å². The molecule has 0 spiro atoms. The van der Waals surface area contributed by atoms with Crippen molar-refractivity contribution in [2.45, 2.75) is 63.1 Å². The quantitative estimate of drug-likeness (QED) is 0.784. The van der Waals surface area contributed by atoms with Crippen LogP contribution in [0.1, 0.15) is 55.1 Å². The largest absolute Gasteiger partial charge is 0.329 e. The van der Waals surface area contributed by atoms with Gasteiger partial charge < -0.3 is 4.90 Å². The Kier molecular flexibility index (Phi) is 5.78. The zero-order valence-electron chi connectivity index (χ0n) is 18.3. The third-order valence-corrected chi connectivity index (χ3v) is 7.17. The van der Waals surface area contributed by atoms with Gasteiger partial charge in [0.05, 0.1) is 6.04 Å². The summed E-state index contributed by atoms with van der Waals surface area (Å²) in [6.45, 7) is 3.38. The lowest BCUT2D eigenvalue weighted by molar-refractivity contribution is 0.0447. The van der Waals surface area contributed by atoms with Crippen LogP contribution in [-0.4, -0.2) is 56.7 Å². The van der Waals surface area contributed by atoms with Crippen molar-refractivity contribution in [2.24, 2.45) is 7.05 Å². The smallest absolute Gasteiger partial charge is 0.274 e. The molecule has 0 aliphatic carbocycles. The summed E-state index contributed by atoms with van der Waals surface area (Å²) < 4.78 is 1.25. The molecule has 2 saturated heterocycles. The molecule has 1 aromatic heterocycles. The number of likely N-dealkylation sites (tertiary alicyclic amines) is 2. The van der Waals surface area contributed by atoms with Crippen LogP contribution in [0.4, 0.5) is 0 Å². The number of hydrogen-bond donors (Lipinski definition) is 0. The number of carbonyl (C=O) groups is 1. The molecule has 4 rings (SSSR count). The highest BCUT2D eigenvalue weighted by molar-refractivity contribution is 5.93. The van der Waals surface area contributed by atoms with Crippen molar-refractivity contribution < 1.29 is 4.79 Å². The molecule has 6 nitrogen and oxygen atoms in total. The van der Waals surface area contributed by atoms with Gasteiger partial charge in [-0.05, 0) is 57.8 Å². The lowest BCUT2D eigenvalue weighted by Crippen LogP contribution is -2.55. The van der Waals surface area contributed by atoms with E-state index in [0.717, 1.165) is 32.2 Å². The molecule has 160 valence electrons. The van der Waals surface area contributed by atoms with Crippen molar-refractivity contribution in [1.82, 2.24) is 19.6 Å². The average Bonchev–Trinajstić information content (AvgIpc) is 3.00. The maximum atomic E-state index is 13.7. The van der Waals surface area contributed by atoms with Gasteiger partial charge in [0.15, 0.2) is 0 Å². The third kappa shape index (κ3) is 3.81. The van der Waals surface area contributed by atoms with Gasteiger partial charge in [0.1, 0.15) is 5.69 Å². The summed E-state index contributed by atoms with van der Waals surface area (Å²) in [5, 5.41) is 4.28. The van der Waals surface area contributed by atoms with Gasteiger partial charge >= 0.3 is 0 Å². The minimum Gasteiger partial charge on any atom is -0.329 e. The van der Waals surface area contributed by atoms with Gasteiger partial charge in [-0.3, -0.25) is 14.5 Å². The van der Waals surface area contributed by atoms with E-state index in [0.29, 0.717) is 5.69 Å². The van der Waals surface area contributed by atoms with Crippen molar-refractivity contribution in [3.63, 3.8) is 0 Å². The predicted octanol–water partition coefficient (Wildman–Crippen LogP) is 2.87. The number of rotatable bonds is 3. The third-order valence-electron chi connectivity index (χ3n) is 7.17. The molecular formula is C24H32N4O2. The van der Waals surface area contributed by atoms with Crippen molar-refractivity contribution in [3.05, 3.63) is 64.1 Å². The molecule has 0 bridgehead atoms. The number of likely N-dealkylation sites (N-methyl/N-ethyl adjacent to an activating group) is 1. The maximum Gasteiger partial charge on any atom is 0.274 e. The van der Waals surface area contributed by atoms with Gasteiger partial charge in [-0.1, -0.05) is 43.2 Å². The fourth-order valence-electron chi connectivity index (χ4n) is 5.36. The molecule has 3 heterocycles. The first-order chi connectivity index (χ1) is 14.4. The van der Waals surface area contributed by atoms with E-state index in [4.69, 9.17) is 0 Å². The minimum atomic E-state index is -0.204. The van der Waals surface area contributed by atoms with Gasteiger partial charge in [0.2, 0.25) is 0 Å². The second-order valence-corrected chi connectivity index (χ2v) is 9.08. The van der Waals surface area contributed by atoms with Crippen LogP contribution in [0.25, 0.3) is 0 Å². The van der Waals surface area contributed by atoms with Gasteiger partial charge in [-0.15, -0.1) is 0 Å². The summed E-state index contributed by atoms with van der Waals surface area (Å²) in [6.07, 6.45) is 6.32. The van der Waals surface area contributed by atoms with E-state index in [1.54, 1.807) is 13.1 Å². The summed E-state index contributed by atoms with van der Waals surface area (Å²) in [7, 11) is 3.80. The van der Waals surface area contributed by atoms with E-state index in [-0.39, 0.29) is 29.1 Å². The Labute approximate surface area is 178 Å². The zero-order chi connectivity index (χ0) is 21.3. The van der Waals surface area contributed by atoms with Crippen LogP contribution in [0.3, 0.4) is 0 Å². The monoisotopic (exact) mass is 408 g/mol. The Hall–Kier alpha value is -2.47. The summed E-state index contributed by atoms with van der Waals surface area (Å²) in [5.74, 6) is -0.0609. The zero-order valence-corrected chi connectivity index (χ0v) is 18.3. The van der Waals surface area contributed by atoms with E-state index in [2.05, 4.69) is 53.1 Å². The summed E-state index contributed by atoms with van der Waals surface area (Å²) in [4.78, 5) is 30.1. The van der Waals surface area contributed by atoms with Gasteiger partial charge in [-0.2, -0.15) is 5.10 Å². The number of aryl methyl sites for hydroxylation is 1. The van der Waals surface area contributed by atoms with Crippen LogP contribution in [0.15, 0.2) is 47.3 Å². The lowest BCUT2D eigenvalue weighted by Gasteiger charge is -2.43. The van der Waals surface area contributed by atoms with E-state index in [9.17, 15) is 9.59 Å². The number of amides is 1. The lowest BCUT2D eigenvalue weighted by atomic mass is 9.84. The molecule has 0 N–H and O–H groups in total. The average molecular weight is 409 g/mol. The van der Waals surface area contributed by atoms with E-state index in [1.807, 2.05) is 6.07 Å². The highest BCUT2D eigenvalue weighted by atomic mass is 16.2. The second kappa shape index (κ2) is 8.34. The van der Waals surface area contributed by atoms with Gasteiger partial charge in [0, 0.05) is 24.7 Å².